The van der Waals surface area contributed by atoms with Gasteiger partial charge in [-0.3, -0.25) is 4.90 Å². The minimum Gasteiger partial charge on any atom is -0.374 e. The van der Waals surface area contributed by atoms with Crippen molar-refractivity contribution in [1.82, 2.24) is 4.90 Å². The fraction of sp³-hybridized carbons (Fsp3) is 0.714. The normalized spacial score (nSPS) is 18.3. The molecule has 0 bridgehead atoms. The molecular weight excluding hydrogens is 282 g/mol. The molecule has 0 aliphatic heterocycles. The number of nitrogens with zero attached hydrogens (tertiary/aromatic N) is 1. The van der Waals surface area contributed by atoms with E-state index in [2.05, 4.69) is 62.9 Å². The Labute approximate surface area is 143 Å². The summed E-state index contributed by atoms with van der Waals surface area (Å²) in [4.78, 5) is 2.58. The molecule has 0 saturated heterocycles. The van der Waals surface area contributed by atoms with Gasteiger partial charge in [0.2, 0.25) is 0 Å². The molecule has 0 N–H and O–H groups in total. The lowest BCUT2D eigenvalue weighted by Crippen LogP contribution is -2.47. The Bertz CT molecular complexity index is 431. The van der Waals surface area contributed by atoms with Gasteiger partial charge in [0.05, 0.1) is 12.2 Å². The highest BCUT2D eigenvalue weighted by molar-refractivity contribution is 5.15. The molecule has 1 aromatic rings. The summed E-state index contributed by atoms with van der Waals surface area (Å²) in [6, 6.07) is 10.8. The molecule has 1 aliphatic rings. The van der Waals surface area contributed by atoms with Crippen LogP contribution < -0.4 is 0 Å². The summed E-state index contributed by atoms with van der Waals surface area (Å²) < 4.78 is 6.33. The highest BCUT2D eigenvalue weighted by atomic mass is 16.5. The molecule has 1 aromatic carbocycles. The molecule has 1 aliphatic carbocycles. The summed E-state index contributed by atoms with van der Waals surface area (Å²) in [6.07, 6.45) is 8.49. The van der Waals surface area contributed by atoms with Crippen molar-refractivity contribution >= 4 is 0 Å². The van der Waals surface area contributed by atoms with Crippen molar-refractivity contribution in [3.8, 4) is 0 Å². The Balaban J connectivity index is 1.85. The summed E-state index contributed by atoms with van der Waals surface area (Å²) in [5.41, 5.74) is 1.60. The number of hydrogen-bond acceptors (Lipinski definition) is 2. The molecule has 0 radical (unpaired) electrons. The molecule has 0 amide bonds. The molecule has 1 fully saturated rings. The first-order valence-electron chi connectivity index (χ1n) is 9.39. The first kappa shape index (κ1) is 18.5. The van der Waals surface area contributed by atoms with Gasteiger partial charge in [-0.2, -0.15) is 0 Å². The Morgan fingerprint density at radius 2 is 1.74 bits per heavy atom. The average Bonchev–Trinajstić information content (AvgIpc) is 2.52. The van der Waals surface area contributed by atoms with Crippen LogP contribution in [0.4, 0.5) is 0 Å². The third-order valence-corrected chi connectivity index (χ3v) is 4.92. The van der Waals surface area contributed by atoms with Gasteiger partial charge in [-0.05, 0) is 52.5 Å². The fourth-order valence-corrected chi connectivity index (χ4v) is 3.49. The van der Waals surface area contributed by atoms with Crippen molar-refractivity contribution in [1.29, 1.82) is 0 Å². The maximum atomic E-state index is 6.33. The molecular formula is C21H35NO. The molecule has 130 valence electrons. The van der Waals surface area contributed by atoms with Crippen molar-refractivity contribution in [3.05, 3.63) is 35.9 Å². The second-order valence-electron chi connectivity index (χ2n) is 8.06. The maximum Gasteiger partial charge on any atom is 0.0677 e. The zero-order chi connectivity index (χ0) is 16.7. The van der Waals surface area contributed by atoms with Gasteiger partial charge in [-0.15, -0.1) is 0 Å². The van der Waals surface area contributed by atoms with Crippen molar-refractivity contribution in [2.45, 2.75) is 84.0 Å². The SMILES string of the molecule is CC(CN(CCc1ccccc1)C(C)(C)C)OC1CCCCC1. The second kappa shape index (κ2) is 8.84. The van der Waals surface area contributed by atoms with E-state index >= 15 is 0 Å². The predicted octanol–water partition coefficient (Wildman–Crippen LogP) is 5.07. The van der Waals surface area contributed by atoms with E-state index in [1.54, 1.807) is 0 Å². The molecule has 0 aromatic heterocycles. The minimum atomic E-state index is 0.180. The van der Waals surface area contributed by atoms with Gasteiger partial charge in [-0.25, -0.2) is 0 Å². The van der Waals surface area contributed by atoms with Crippen LogP contribution in [0.5, 0.6) is 0 Å². The second-order valence-corrected chi connectivity index (χ2v) is 8.06. The highest BCUT2D eigenvalue weighted by Crippen LogP contribution is 2.23. The van der Waals surface area contributed by atoms with Crippen LogP contribution in [0.25, 0.3) is 0 Å². The van der Waals surface area contributed by atoms with Gasteiger partial charge in [0, 0.05) is 18.6 Å². The van der Waals surface area contributed by atoms with Crippen LogP contribution in [0.15, 0.2) is 30.3 Å². The summed E-state index contributed by atoms with van der Waals surface area (Å²) in [7, 11) is 0. The first-order valence-corrected chi connectivity index (χ1v) is 9.39. The van der Waals surface area contributed by atoms with Gasteiger partial charge in [0.25, 0.3) is 0 Å². The molecule has 2 rings (SSSR count). The lowest BCUT2D eigenvalue weighted by molar-refractivity contribution is -0.0461. The molecule has 1 unspecified atom stereocenters. The Hall–Kier alpha value is -0.860. The van der Waals surface area contributed by atoms with E-state index in [-0.39, 0.29) is 5.54 Å². The minimum absolute atomic E-state index is 0.180. The topological polar surface area (TPSA) is 12.5 Å². The van der Waals surface area contributed by atoms with Crippen molar-refractivity contribution in [2.75, 3.05) is 13.1 Å². The molecule has 0 heterocycles. The molecule has 1 saturated carbocycles. The van der Waals surface area contributed by atoms with Gasteiger partial charge >= 0.3 is 0 Å². The van der Waals surface area contributed by atoms with Crippen LogP contribution in [0.3, 0.4) is 0 Å². The predicted molar refractivity (Wildman–Crippen MR) is 98.9 cm³/mol. The van der Waals surface area contributed by atoms with E-state index in [1.165, 1.54) is 37.7 Å². The van der Waals surface area contributed by atoms with Crippen LogP contribution in [0, 0.1) is 0 Å². The standard InChI is InChI=1S/C21H35NO/c1-18(23-20-13-9-6-10-14-20)17-22(21(2,3)4)16-15-19-11-7-5-8-12-19/h5,7-8,11-12,18,20H,6,9-10,13-17H2,1-4H3. The molecule has 23 heavy (non-hydrogen) atoms. The molecule has 2 heteroatoms. The number of benzene rings is 1. The van der Waals surface area contributed by atoms with Gasteiger partial charge in [0.1, 0.15) is 0 Å². The van der Waals surface area contributed by atoms with Crippen LogP contribution >= 0.6 is 0 Å². The zero-order valence-electron chi connectivity index (χ0n) is 15.6. The highest BCUT2D eigenvalue weighted by Gasteiger charge is 2.24. The van der Waals surface area contributed by atoms with Crippen LogP contribution in [-0.4, -0.2) is 35.7 Å². The summed E-state index contributed by atoms with van der Waals surface area (Å²) >= 11 is 0. The average molecular weight is 318 g/mol. The monoisotopic (exact) mass is 317 g/mol. The van der Waals surface area contributed by atoms with Gasteiger partial charge in [-0.1, -0.05) is 49.6 Å². The van der Waals surface area contributed by atoms with Crippen LogP contribution in [0.2, 0.25) is 0 Å². The van der Waals surface area contributed by atoms with Crippen LogP contribution in [0.1, 0.15) is 65.4 Å². The van der Waals surface area contributed by atoms with Crippen LogP contribution in [-0.2, 0) is 11.2 Å². The van der Waals surface area contributed by atoms with E-state index in [9.17, 15) is 0 Å². The Morgan fingerprint density at radius 1 is 1.09 bits per heavy atom. The number of ether oxygens (including phenoxy) is 1. The third kappa shape index (κ3) is 6.64. The smallest absolute Gasteiger partial charge is 0.0677 e. The third-order valence-electron chi connectivity index (χ3n) is 4.92. The van der Waals surface area contributed by atoms with Crippen molar-refractivity contribution in [2.24, 2.45) is 0 Å². The van der Waals surface area contributed by atoms with E-state index in [0.717, 1.165) is 19.5 Å². The lowest BCUT2D eigenvalue weighted by Gasteiger charge is -2.38. The Morgan fingerprint density at radius 3 is 2.35 bits per heavy atom. The summed E-state index contributed by atoms with van der Waals surface area (Å²) in [5.74, 6) is 0. The largest absolute Gasteiger partial charge is 0.374 e. The first-order chi connectivity index (χ1) is 10.9. The number of rotatable bonds is 7. The molecule has 1 atom stereocenters. The van der Waals surface area contributed by atoms with Crippen molar-refractivity contribution < 1.29 is 4.74 Å². The van der Waals surface area contributed by atoms with E-state index in [4.69, 9.17) is 4.74 Å². The van der Waals surface area contributed by atoms with E-state index in [0.29, 0.717) is 12.2 Å². The summed E-state index contributed by atoms with van der Waals surface area (Å²) in [5, 5.41) is 0. The molecule has 0 spiro atoms. The van der Waals surface area contributed by atoms with Gasteiger partial charge in [0.15, 0.2) is 0 Å². The lowest BCUT2D eigenvalue weighted by atomic mass is 9.97. The fourth-order valence-electron chi connectivity index (χ4n) is 3.49. The quantitative estimate of drug-likeness (QED) is 0.696. The maximum absolute atomic E-state index is 6.33. The van der Waals surface area contributed by atoms with E-state index < -0.39 is 0 Å². The van der Waals surface area contributed by atoms with E-state index in [1.807, 2.05) is 0 Å². The number of hydrogen-bond donors (Lipinski definition) is 0. The van der Waals surface area contributed by atoms with Gasteiger partial charge < -0.3 is 4.74 Å². The Kier molecular flexibility index (Phi) is 7.10. The molecule has 2 nitrogen and oxygen atoms in total. The van der Waals surface area contributed by atoms with Crippen molar-refractivity contribution in [3.63, 3.8) is 0 Å². The zero-order valence-corrected chi connectivity index (χ0v) is 15.6. The summed E-state index contributed by atoms with van der Waals surface area (Å²) in [6.45, 7) is 11.3.